The number of nitrogens with one attached hydrogen (secondary N) is 2. The Morgan fingerprint density at radius 2 is 1.90 bits per heavy atom. The van der Waals surface area contributed by atoms with Gasteiger partial charge in [-0.25, -0.2) is 23.4 Å². The minimum atomic E-state index is -3.81. The van der Waals surface area contributed by atoms with Gasteiger partial charge in [-0.05, 0) is 31.7 Å². The molecule has 4 rings (SSSR count). The number of ether oxygens (including phenoxy) is 2. The zero-order valence-corrected chi connectivity index (χ0v) is 17.9. The number of thiazole rings is 1. The molecule has 0 unspecified atom stereocenters. The lowest BCUT2D eigenvalue weighted by atomic mass is 9.95. The van der Waals surface area contributed by atoms with E-state index in [0.29, 0.717) is 28.3 Å². The summed E-state index contributed by atoms with van der Waals surface area (Å²) in [7, 11) is -2.06. The molecule has 1 aliphatic carbocycles. The number of hydrogen-bond acceptors (Lipinski definition) is 10. The number of hydrogen-bond donors (Lipinski definition) is 3. The van der Waals surface area contributed by atoms with Crippen LogP contribution in [0.1, 0.15) is 25.7 Å². The molecule has 10 nitrogen and oxygen atoms in total. The Hall–Kier alpha value is -2.38. The monoisotopic (exact) mass is 450 g/mol. The molecule has 0 atom stereocenters. The van der Waals surface area contributed by atoms with Gasteiger partial charge in [0.25, 0.3) is 10.0 Å². The Kier molecular flexibility index (Phi) is 6.11. The maximum absolute atomic E-state index is 11.7. The predicted molar refractivity (Wildman–Crippen MR) is 113 cm³/mol. The van der Waals surface area contributed by atoms with Crippen molar-refractivity contribution in [3.05, 3.63) is 30.6 Å². The van der Waals surface area contributed by atoms with Crippen molar-refractivity contribution in [2.75, 3.05) is 12.4 Å². The lowest BCUT2D eigenvalue weighted by Gasteiger charge is -2.28. The molecule has 1 saturated carbocycles. The van der Waals surface area contributed by atoms with Gasteiger partial charge in [-0.15, -0.1) is 4.83 Å². The fourth-order valence-corrected chi connectivity index (χ4v) is 5.04. The van der Waals surface area contributed by atoms with Crippen molar-refractivity contribution in [1.29, 1.82) is 0 Å². The second kappa shape index (κ2) is 8.78. The van der Waals surface area contributed by atoms with Crippen LogP contribution in [-0.4, -0.2) is 42.7 Å². The number of hydrazine groups is 1. The van der Waals surface area contributed by atoms with Gasteiger partial charge in [0.05, 0.1) is 18.4 Å². The average molecular weight is 451 g/mol. The molecular weight excluding hydrogens is 428 g/mol. The molecule has 1 fully saturated rings. The van der Waals surface area contributed by atoms with E-state index in [1.807, 2.05) is 18.2 Å². The molecule has 2 heterocycles. The lowest BCUT2D eigenvalue weighted by Crippen LogP contribution is -2.29. The standard InChI is InChI=1S/C18H22N6O4S2/c1-27-12-5-7-13(8-6-12)28-14-4-2-3-11-9-20-17(23-16(11)14)22-15-10-21-18(29-15)30(25,26)24-19/h2-4,9-10,12-13,24H,5-8,19H2,1H3,(H,20,22,23). The number of nitrogens with zero attached hydrogens (tertiary/aromatic N) is 3. The van der Waals surface area contributed by atoms with Gasteiger partial charge in [0.2, 0.25) is 10.3 Å². The second-order valence-electron chi connectivity index (χ2n) is 6.88. The van der Waals surface area contributed by atoms with Gasteiger partial charge in [0, 0.05) is 18.7 Å². The Balaban J connectivity index is 1.54. The molecule has 0 aliphatic heterocycles. The van der Waals surface area contributed by atoms with Crippen molar-refractivity contribution in [1.82, 2.24) is 19.8 Å². The summed E-state index contributed by atoms with van der Waals surface area (Å²) in [5.74, 6) is 6.04. The quantitative estimate of drug-likeness (QED) is 0.365. The van der Waals surface area contributed by atoms with Gasteiger partial charge in [-0.3, -0.25) is 5.84 Å². The molecule has 2 aromatic heterocycles. The van der Waals surface area contributed by atoms with Crippen molar-refractivity contribution in [3.63, 3.8) is 0 Å². The average Bonchev–Trinajstić information content (AvgIpc) is 3.24. The van der Waals surface area contributed by atoms with Crippen LogP contribution in [0.5, 0.6) is 5.75 Å². The maximum Gasteiger partial charge on any atom is 0.280 e. The van der Waals surface area contributed by atoms with Gasteiger partial charge in [-0.2, -0.15) is 0 Å². The topological polar surface area (TPSA) is 141 Å². The molecule has 12 heteroatoms. The Bertz CT molecular complexity index is 1130. The van der Waals surface area contributed by atoms with Crippen LogP contribution in [0, 0.1) is 0 Å². The number of nitrogens with two attached hydrogens (primary N) is 1. The second-order valence-corrected chi connectivity index (χ2v) is 9.79. The summed E-state index contributed by atoms with van der Waals surface area (Å²) >= 11 is 0.924. The molecule has 4 N–H and O–H groups in total. The number of fused-ring (bicyclic) bond motifs is 1. The Morgan fingerprint density at radius 1 is 1.13 bits per heavy atom. The van der Waals surface area contributed by atoms with Crippen LogP contribution < -0.4 is 20.7 Å². The number of sulfonamides is 1. The summed E-state index contributed by atoms with van der Waals surface area (Å²) in [4.78, 5) is 14.5. The first-order valence-electron chi connectivity index (χ1n) is 9.39. The van der Waals surface area contributed by atoms with Gasteiger partial charge in [-0.1, -0.05) is 23.5 Å². The number of para-hydroxylation sites is 1. The molecule has 0 bridgehead atoms. The first-order chi connectivity index (χ1) is 14.5. The minimum absolute atomic E-state index is 0.117. The summed E-state index contributed by atoms with van der Waals surface area (Å²) in [5, 5.41) is 4.31. The van der Waals surface area contributed by atoms with E-state index >= 15 is 0 Å². The summed E-state index contributed by atoms with van der Waals surface area (Å²) < 4.78 is 35.0. The van der Waals surface area contributed by atoms with Crippen molar-refractivity contribution >= 4 is 43.2 Å². The molecule has 0 radical (unpaired) electrons. The van der Waals surface area contributed by atoms with Crippen LogP contribution >= 0.6 is 11.3 Å². The number of methoxy groups -OCH3 is 1. The molecule has 0 saturated heterocycles. The van der Waals surface area contributed by atoms with E-state index in [4.69, 9.17) is 15.3 Å². The van der Waals surface area contributed by atoms with Gasteiger partial charge in [0.1, 0.15) is 16.3 Å². The highest BCUT2D eigenvalue weighted by molar-refractivity contribution is 7.91. The molecule has 0 amide bonds. The Labute approximate surface area is 177 Å². The highest BCUT2D eigenvalue weighted by Crippen LogP contribution is 2.31. The zero-order valence-electron chi connectivity index (χ0n) is 16.2. The number of benzene rings is 1. The Morgan fingerprint density at radius 3 is 2.63 bits per heavy atom. The van der Waals surface area contributed by atoms with Crippen molar-refractivity contribution < 1.29 is 17.9 Å². The number of anilines is 2. The summed E-state index contributed by atoms with van der Waals surface area (Å²) in [5.41, 5.74) is 0.685. The van der Waals surface area contributed by atoms with E-state index in [9.17, 15) is 8.42 Å². The summed E-state index contributed by atoms with van der Waals surface area (Å²) in [6, 6.07) is 5.72. The van der Waals surface area contributed by atoms with Crippen LogP contribution in [0.25, 0.3) is 10.9 Å². The molecular formula is C18H22N6O4S2. The SMILES string of the molecule is COC1CCC(Oc2cccc3cnc(Nc4cnc(S(=O)(=O)NN)s4)nc23)CC1. The van der Waals surface area contributed by atoms with Crippen molar-refractivity contribution in [2.24, 2.45) is 5.84 Å². The first kappa shape index (κ1) is 20.9. The zero-order chi connectivity index (χ0) is 21.1. The third kappa shape index (κ3) is 4.52. The largest absolute Gasteiger partial charge is 0.488 e. The summed E-state index contributed by atoms with van der Waals surface area (Å²) in [6.45, 7) is 0. The van der Waals surface area contributed by atoms with E-state index in [2.05, 4.69) is 20.3 Å². The van der Waals surface area contributed by atoms with E-state index < -0.39 is 10.0 Å². The van der Waals surface area contributed by atoms with Crippen molar-refractivity contribution in [2.45, 2.75) is 42.2 Å². The molecule has 3 aromatic rings. The lowest BCUT2D eigenvalue weighted by molar-refractivity contribution is 0.0331. The molecule has 1 aromatic carbocycles. The van der Waals surface area contributed by atoms with Crippen LogP contribution in [0.15, 0.2) is 34.9 Å². The van der Waals surface area contributed by atoms with E-state index in [1.54, 1.807) is 18.1 Å². The summed E-state index contributed by atoms with van der Waals surface area (Å²) in [6.07, 6.45) is 7.31. The predicted octanol–water partition coefficient (Wildman–Crippen LogP) is 2.32. The van der Waals surface area contributed by atoms with E-state index in [1.165, 1.54) is 6.20 Å². The number of rotatable bonds is 7. The van der Waals surface area contributed by atoms with E-state index in [0.717, 1.165) is 42.4 Å². The van der Waals surface area contributed by atoms with E-state index in [-0.39, 0.29) is 10.4 Å². The van der Waals surface area contributed by atoms with Crippen LogP contribution in [0.3, 0.4) is 0 Å². The highest BCUT2D eigenvalue weighted by atomic mass is 32.2. The fourth-order valence-electron chi connectivity index (χ4n) is 3.35. The van der Waals surface area contributed by atoms with Gasteiger partial charge >= 0.3 is 0 Å². The fraction of sp³-hybridized carbons (Fsp3) is 0.389. The molecule has 30 heavy (non-hydrogen) atoms. The minimum Gasteiger partial charge on any atom is -0.488 e. The first-order valence-corrected chi connectivity index (χ1v) is 11.7. The third-order valence-corrected chi connectivity index (χ3v) is 7.42. The third-order valence-electron chi connectivity index (χ3n) is 4.93. The van der Waals surface area contributed by atoms with Gasteiger partial charge in [0.15, 0.2) is 0 Å². The van der Waals surface area contributed by atoms with Crippen LogP contribution in [0.2, 0.25) is 0 Å². The smallest absolute Gasteiger partial charge is 0.280 e. The molecule has 1 aliphatic rings. The normalized spacial score (nSPS) is 19.7. The van der Waals surface area contributed by atoms with Gasteiger partial charge < -0.3 is 14.8 Å². The molecule has 160 valence electrons. The van der Waals surface area contributed by atoms with Crippen LogP contribution in [0.4, 0.5) is 10.9 Å². The number of aromatic nitrogens is 3. The van der Waals surface area contributed by atoms with Crippen LogP contribution in [-0.2, 0) is 14.8 Å². The van der Waals surface area contributed by atoms with Crippen molar-refractivity contribution in [3.8, 4) is 5.75 Å². The maximum atomic E-state index is 11.7. The molecule has 0 spiro atoms. The highest BCUT2D eigenvalue weighted by Gasteiger charge is 2.23.